The zero-order chi connectivity index (χ0) is 13.6. The molecule has 18 heavy (non-hydrogen) atoms. The Bertz CT molecular complexity index is 668. The van der Waals surface area contributed by atoms with Gasteiger partial charge >= 0.3 is 0 Å². The van der Waals surface area contributed by atoms with E-state index in [2.05, 4.69) is 0 Å². The standard InChI is InChI=1S/C12H16O4S2/c1-9-4-3-5-11(17(2,13)14)12(9)18(15,16)8-10-6-7-10/h3-5,10H,6-8H2,1-2H3. The second kappa shape index (κ2) is 4.35. The van der Waals surface area contributed by atoms with Gasteiger partial charge in [-0.25, -0.2) is 16.8 Å². The van der Waals surface area contributed by atoms with Crippen molar-refractivity contribution in [1.29, 1.82) is 0 Å². The Balaban J connectivity index is 2.62. The summed E-state index contributed by atoms with van der Waals surface area (Å²) in [4.78, 5) is -0.0949. The van der Waals surface area contributed by atoms with Gasteiger partial charge in [-0.2, -0.15) is 0 Å². The van der Waals surface area contributed by atoms with Crippen LogP contribution in [0.25, 0.3) is 0 Å². The average molecular weight is 288 g/mol. The summed E-state index contributed by atoms with van der Waals surface area (Å²) in [6.45, 7) is 1.63. The highest BCUT2D eigenvalue weighted by Gasteiger charge is 2.32. The third kappa shape index (κ3) is 2.75. The first kappa shape index (κ1) is 13.5. The molecular formula is C12H16O4S2. The van der Waals surface area contributed by atoms with Crippen molar-refractivity contribution in [3.05, 3.63) is 23.8 Å². The Morgan fingerprint density at radius 3 is 2.28 bits per heavy atom. The molecule has 0 spiro atoms. The summed E-state index contributed by atoms with van der Waals surface area (Å²) in [7, 11) is -7.05. The molecule has 0 amide bonds. The van der Waals surface area contributed by atoms with Crippen LogP contribution >= 0.6 is 0 Å². The fourth-order valence-electron chi connectivity index (χ4n) is 1.99. The van der Waals surface area contributed by atoms with Gasteiger partial charge in [0.15, 0.2) is 19.7 Å². The van der Waals surface area contributed by atoms with Crippen molar-refractivity contribution in [1.82, 2.24) is 0 Å². The average Bonchev–Trinajstić information content (AvgIpc) is 2.98. The van der Waals surface area contributed by atoms with Gasteiger partial charge in [0.25, 0.3) is 0 Å². The molecule has 0 unspecified atom stereocenters. The van der Waals surface area contributed by atoms with Crippen LogP contribution in [0.5, 0.6) is 0 Å². The van der Waals surface area contributed by atoms with Crippen LogP contribution in [0.4, 0.5) is 0 Å². The van der Waals surface area contributed by atoms with Gasteiger partial charge in [-0.1, -0.05) is 12.1 Å². The SMILES string of the molecule is Cc1cccc(S(C)(=O)=O)c1S(=O)(=O)CC1CC1. The largest absolute Gasteiger partial charge is 0.224 e. The van der Waals surface area contributed by atoms with E-state index in [1.807, 2.05) is 0 Å². The summed E-state index contributed by atoms with van der Waals surface area (Å²) in [6, 6.07) is 4.57. The Labute approximate surface area is 108 Å². The van der Waals surface area contributed by atoms with Crippen LogP contribution in [-0.4, -0.2) is 28.8 Å². The lowest BCUT2D eigenvalue weighted by molar-refractivity contribution is 0.582. The van der Waals surface area contributed by atoms with Crippen LogP contribution in [-0.2, 0) is 19.7 Å². The minimum Gasteiger partial charge on any atom is -0.224 e. The van der Waals surface area contributed by atoms with Gasteiger partial charge in [-0.05, 0) is 37.3 Å². The summed E-state index contributed by atoms with van der Waals surface area (Å²) in [5, 5.41) is 0. The number of aryl methyl sites for hydroxylation is 1. The van der Waals surface area contributed by atoms with E-state index in [1.54, 1.807) is 19.1 Å². The van der Waals surface area contributed by atoms with Crippen LogP contribution < -0.4 is 0 Å². The van der Waals surface area contributed by atoms with E-state index >= 15 is 0 Å². The quantitative estimate of drug-likeness (QED) is 0.843. The molecule has 0 heterocycles. The van der Waals surface area contributed by atoms with Gasteiger partial charge in [0.1, 0.15) is 0 Å². The molecule has 1 saturated carbocycles. The van der Waals surface area contributed by atoms with Crippen LogP contribution in [0.3, 0.4) is 0 Å². The summed E-state index contributed by atoms with van der Waals surface area (Å²) in [6.07, 6.45) is 2.87. The van der Waals surface area contributed by atoms with Gasteiger partial charge < -0.3 is 0 Å². The third-order valence-electron chi connectivity index (χ3n) is 3.04. The molecule has 0 N–H and O–H groups in total. The molecule has 0 bridgehead atoms. The third-order valence-corrected chi connectivity index (χ3v) is 6.38. The molecule has 2 rings (SSSR count). The van der Waals surface area contributed by atoms with Gasteiger partial charge in [0.05, 0.1) is 15.5 Å². The highest BCUT2D eigenvalue weighted by Crippen LogP contribution is 2.34. The van der Waals surface area contributed by atoms with E-state index in [0.717, 1.165) is 19.1 Å². The molecule has 0 radical (unpaired) electrons. The van der Waals surface area contributed by atoms with E-state index < -0.39 is 19.7 Å². The molecule has 1 aliphatic carbocycles. The van der Waals surface area contributed by atoms with Crippen molar-refractivity contribution in [3.8, 4) is 0 Å². The fraction of sp³-hybridized carbons (Fsp3) is 0.500. The highest BCUT2D eigenvalue weighted by atomic mass is 32.2. The molecule has 1 aliphatic rings. The number of rotatable bonds is 4. The zero-order valence-corrected chi connectivity index (χ0v) is 12.0. The van der Waals surface area contributed by atoms with E-state index in [4.69, 9.17) is 0 Å². The predicted octanol–water partition coefficient (Wildman–Crippen LogP) is 1.58. The van der Waals surface area contributed by atoms with Crippen molar-refractivity contribution in [2.75, 3.05) is 12.0 Å². The topological polar surface area (TPSA) is 68.3 Å². The van der Waals surface area contributed by atoms with E-state index in [-0.39, 0.29) is 21.5 Å². The molecule has 0 aromatic heterocycles. The first-order valence-corrected chi connectivity index (χ1v) is 9.28. The first-order chi connectivity index (χ1) is 8.22. The maximum Gasteiger partial charge on any atom is 0.180 e. The second-order valence-corrected chi connectivity index (χ2v) is 8.85. The lowest BCUT2D eigenvalue weighted by Crippen LogP contribution is -2.14. The Hall–Kier alpha value is -0.880. The van der Waals surface area contributed by atoms with E-state index in [9.17, 15) is 16.8 Å². The molecule has 1 aromatic rings. The Morgan fingerprint density at radius 1 is 1.17 bits per heavy atom. The molecule has 6 heteroatoms. The van der Waals surface area contributed by atoms with Crippen LogP contribution in [0, 0.1) is 12.8 Å². The van der Waals surface area contributed by atoms with Crippen molar-refractivity contribution < 1.29 is 16.8 Å². The minimum atomic E-state index is -3.53. The molecule has 0 aliphatic heterocycles. The predicted molar refractivity (Wildman–Crippen MR) is 69.1 cm³/mol. The normalized spacial score (nSPS) is 16.8. The van der Waals surface area contributed by atoms with E-state index in [0.29, 0.717) is 5.56 Å². The first-order valence-electron chi connectivity index (χ1n) is 5.74. The molecule has 0 atom stereocenters. The van der Waals surface area contributed by atoms with Gasteiger partial charge in [-0.3, -0.25) is 0 Å². The molecule has 0 saturated heterocycles. The summed E-state index contributed by atoms with van der Waals surface area (Å²) in [5.74, 6) is 0.252. The van der Waals surface area contributed by atoms with Gasteiger partial charge in [0.2, 0.25) is 0 Å². The molecule has 1 aromatic carbocycles. The number of sulfone groups is 2. The zero-order valence-electron chi connectivity index (χ0n) is 10.4. The number of hydrogen-bond donors (Lipinski definition) is 0. The van der Waals surface area contributed by atoms with Crippen molar-refractivity contribution in [3.63, 3.8) is 0 Å². The van der Waals surface area contributed by atoms with Crippen molar-refractivity contribution in [2.24, 2.45) is 5.92 Å². The Morgan fingerprint density at radius 2 is 1.78 bits per heavy atom. The highest BCUT2D eigenvalue weighted by molar-refractivity contribution is 7.94. The number of hydrogen-bond acceptors (Lipinski definition) is 4. The van der Waals surface area contributed by atoms with Crippen molar-refractivity contribution >= 4 is 19.7 Å². The maximum absolute atomic E-state index is 12.3. The van der Waals surface area contributed by atoms with Gasteiger partial charge in [0, 0.05) is 6.26 Å². The molecular weight excluding hydrogens is 272 g/mol. The number of benzene rings is 1. The summed E-state index contributed by atoms with van der Waals surface area (Å²) in [5.41, 5.74) is 0.499. The lowest BCUT2D eigenvalue weighted by Gasteiger charge is -2.11. The maximum atomic E-state index is 12.3. The van der Waals surface area contributed by atoms with Crippen LogP contribution in [0.15, 0.2) is 28.0 Å². The van der Waals surface area contributed by atoms with Crippen molar-refractivity contribution in [2.45, 2.75) is 29.6 Å². The fourth-order valence-corrected chi connectivity index (χ4v) is 5.71. The van der Waals surface area contributed by atoms with Gasteiger partial charge in [-0.15, -0.1) is 0 Å². The molecule has 4 nitrogen and oxygen atoms in total. The minimum absolute atomic E-state index is 0.0144. The smallest absolute Gasteiger partial charge is 0.180 e. The van der Waals surface area contributed by atoms with Crippen LogP contribution in [0.1, 0.15) is 18.4 Å². The molecule has 100 valence electrons. The summed E-state index contributed by atoms with van der Waals surface area (Å²) < 4.78 is 48.0. The lowest BCUT2D eigenvalue weighted by atomic mass is 10.2. The Kier molecular flexibility index (Phi) is 3.27. The summed E-state index contributed by atoms with van der Waals surface area (Å²) >= 11 is 0. The van der Waals surface area contributed by atoms with Crippen LogP contribution in [0.2, 0.25) is 0 Å². The molecule has 1 fully saturated rings. The monoisotopic (exact) mass is 288 g/mol. The second-order valence-electron chi connectivity index (χ2n) is 4.90. The van der Waals surface area contributed by atoms with E-state index in [1.165, 1.54) is 6.07 Å².